The lowest BCUT2D eigenvalue weighted by Gasteiger charge is -2.11. The molecule has 0 saturated heterocycles. The Morgan fingerprint density at radius 2 is 1.51 bits per heavy atom. The number of anilines is 5. The Balaban J connectivity index is 1.62. The third-order valence-corrected chi connectivity index (χ3v) is 5.66. The van der Waals surface area contributed by atoms with E-state index < -0.39 is 4.92 Å². The van der Waals surface area contributed by atoms with Crippen LogP contribution < -0.4 is 16.1 Å². The van der Waals surface area contributed by atoms with Crippen molar-refractivity contribution in [3.63, 3.8) is 0 Å². The van der Waals surface area contributed by atoms with E-state index in [1.807, 2.05) is 32.0 Å². The average molecular weight is 539 g/mol. The third kappa shape index (κ3) is 6.60. The highest BCUT2D eigenvalue weighted by Crippen LogP contribution is 2.30. The maximum absolute atomic E-state index is 10.9. The number of nitro benzene ring substituents is 1. The second kappa shape index (κ2) is 11.1. The molecule has 11 nitrogen and oxygen atoms in total. The number of hydrogen-bond acceptors (Lipinski definition) is 10. The monoisotopic (exact) mass is 538 g/mol. The van der Waals surface area contributed by atoms with Gasteiger partial charge in [-0.2, -0.15) is 20.1 Å². The summed E-state index contributed by atoms with van der Waals surface area (Å²) < 4.78 is 0. The fourth-order valence-corrected chi connectivity index (χ4v) is 3.63. The van der Waals surface area contributed by atoms with Gasteiger partial charge in [-0.3, -0.25) is 10.1 Å². The van der Waals surface area contributed by atoms with E-state index in [-0.39, 0.29) is 39.9 Å². The first-order valence-electron chi connectivity index (χ1n) is 10.8. The molecule has 4 aromatic rings. The molecule has 1 aromatic heterocycles. The molecule has 4 rings (SSSR count). The summed E-state index contributed by atoms with van der Waals surface area (Å²) in [5, 5.41) is 31.7. The molecule has 0 radical (unpaired) electrons. The van der Waals surface area contributed by atoms with Crippen LogP contribution in [-0.2, 0) is 0 Å². The van der Waals surface area contributed by atoms with Gasteiger partial charge in [0.05, 0.1) is 16.2 Å². The maximum atomic E-state index is 10.9. The normalized spacial score (nSPS) is 10.9. The summed E-state index contributed by atoms with van der Waals surface area (Å²) in [7, 11) is 0. The van der Waals surface area contributed by atoms with Crippen molar-refractivity contribution in [3.8, 4) is 5.75 Å². The molecule has 13 heteroatoms. The minimum Gasteiger partial charge on any atom is -0.506 e. The smallest absolute Gasteiger partial charge is 0.269 e. The number of aryl methyl sites for hydroxylation is 2. The molecule has 0 bridgehead atoms. The summed E-state index contributed by atoms with van der Waals surface area (Å²) in [6.07, 6.45) is 1.32. The third-order valence-electron chi connectivity index (χ3n) is 5.16. The number of hydrogen-bond donors (Lipinski definition) is 4. The second-order valence-electron chi connectivity index (χ2n) is 7.85. The van der Waals surface area contributed by atoms with Crippen LogP contribution in [0.1, 0.15) is 16.7 Å². The fraction of sp³-hybridized carbons (Fsp3) is 0.0833. The predicted molar refractivity (Wildman–Crippen MR) is 145 cm³/mol. The highest BCUT2D eigenvalue weighted by Gasteiger charge is 2.10. The molecule has 3 aromatic carbocycles. The summed E-state index contributed by atoms with van der Waals surface area (Å²) in [5.74, 6) is 0.273. The molecule has 0 saturated carbocycles. The number of nitro groups is 1. The van der Waals surface area contributed by atoms with Crippen LogP contribution in [0.15, 0.2) is 59.7 Å². The largest absolute Gasteiger partial charge is 0.506 e. The minimum absolute atomic E-state index is 0.0423. The van der Waals surface area contributed by atoms with E-state index in [4.69, 9.17) is 23.2 Å². The molecule has 0 aliphatic rings. The topological polar surface area (TPSA) is 150 Å². The molecule has 0 fully saturated rings. The molecule has 0 atom stereocenters. The molecule has 188 valence electrons. The average Bonchev–Trinajstić information content (AvgIpc) is 2.84. The molecule has 0 spiro atoms. The molecule has 0 unspecified atom stereocenters. The maximum Gasteiger partial charge on any atom is 0.269 e. The van der Waals surface area contributed by atoms with E-state index >= 15 is 0 Å². The van der Waals surface area contributed by atoms with E-state index in [0.29, 0.717) is 10.7 Å². The van der Waals surface area contributed by atoms with Crippen LogP contribution in [0, 0.1) is 24.0 Å². The second-order valence-corrected chi connectivity index (χ2v) is 8.70. The van der Waals surface area contributed by atoms with Crippen LogP contribution in [0.4, 0.5) is 34.9 Å². The van der Waals surface area contributed by atoms with Gasteiger partial charge in [0.25, 0.3) is 5.69 Å². The summed E-state index contributed by atoms with van der Waals surface area (Å²) >= 11 is 12.0. The summed E-state index contributed by atoms with van der Waals surface area (Å²) in [4.78, 5) is 23.5. The highest BCUT2D eigenvalue weighted by atomic mass is 35.5. The Labute approximate surface area is 221 Å². The van der Waals surface area contributed by atoms with Crippen molar-refractivity contribution < 1.29 is 10.0 Å². The van der Waals surface area contributed by atoms with E-state index in [1.165, 1.54) is 42.6 Å². The van der Waals surface area contributed by atoms with Crippen LogP contribution in [0.2, 0.25) is 10.0 Å². The van der Waals surface area contributed by atoms with Gasteiger partial charge in [-0.05, 0) is 61.4 Å². The SMILES string of the molecule is Cc1ccc(Nc2nc(NN=Cc3cc(Cl)cc(Cl)c3O)nc(Nc3ccc([N+](=O)[O-])cc3)n2)cc1C. The van der Waals surface area contributed by atoms with E-state index in [2.05, 4.69) is 36.1 Å². The lowest BCUT2D eigenvalue weighted by atomic mass is 10.1. The molecular weight excluding hydrogens is 519 g/mol. The number of halogens is 2. The number of phenolic OH excluding ortho intramolecular Hbond substituents is 1. The van der Waals surface area contributed by atoms with Crippen molar-refractivity contribution in [2.24, 2.45) is 5.10 Å². The lowest BCUT2D eigenvalue weighted by Crippen LogP contribution is -2.07. The van der Waals surface area contributed by atoms with Crippen LogP contribution in [0.25, 0.3) is 0 Å². The van der Waals surface area contributed by atoms with Crippen molar-refractivity contribution in [2.45, 2.75) is 13.8 Å². The van der Waals surface area contributed by atoms with Crippen LogP contribution in [-0.4, -0.2) is 31.2 Å². The standard InChI is InChI=1S/C24H20Cl2N8O3/c1-13-3-4-18(9-14(13)2)29-23-30-22(28-17-5-7-19(8-6-17)34(36)37)31-24(32-23)33-27-12-15-10-16(25)11-20(26)21(15)35/h3-12,35H,1-2H3,(H3,28,29,30,31,32,33). The number of aromatic nitrogens is 3. The zero-order valence-corrected chi connectivity index (χ0v) is 21.0. The Morgan fingerprint density at radius 1 is 0.892 bits per heavy atom. The number of aromatic hydroxyl groups is 1. The molecule has 0 aliphatic heterocycles. The first-order chi connectivity index (χ1) is 17.7. The van der Waals surface area contributed by atoms with Gasteiger partial charge >= 0.3 is 0 Å². The molecule has 4 N–H and O–H groups in total. The first kappa shape index (κ1) is 25.6. The highest BCUT2D eigenvalue weighted by molar-refractivity contribution is 6.36. The molecule has 37 heavy (non-hydrogen) atoms. The van der Waals surface area contributed by atoms with Gasteiger partial charge < -0.3 is 15.7 Å². The molecule has 0 aliphatic carbocycles. The quantitative estimate of drug-likeness (QED) is 0.114. The van der Waals surface area contributed by atoms with Crippen molar-refractivity contribution in [3.05, 3.63) is 91.4 Å². The zero-order valence-electron chi connectivity index (χ0n) is 19.5. The van der Waals surface area contributed by atoms with Crippen molar-refractivity contribution in [1.29, 1.82) is 0 Å². The van der Waals surface area contributed by atoms with E-state index in [0.717, 1.165) is 16.8 Å². The summed E-state index contributed by atoms with van der Waals surface area (Å²) in [6.45, 7) is 4.01. The number of benzene rings is 3. The number of nitrogens with zero attached hydrogens (tertiary/aromatic N) is 5. The van der Waals surface area contributed by atoms with Gasteiger partial charge in [-0.1, -0.05) is 29.3 Å². The first-order valence-corrected chi connectivity index (χ1v) is 11.5. The van der Waals surface area contributed by atoms with Crippen molar-refractivity contribution in [2.75, 3.05) is 16.1 Å². The number of hydrazone groups is 1. The van der Waals surface area contributed by atoms with Gasteiger partial charge in [0.15, 0.2) is 0 Å². The van der Waals surface area contributed by atoms with Gasteiger partial charge in [0.2, 0.25) is 17.8 Å². The molecule has 0 amide bonds. The minimum atomic E-state index is -0.483. The Kier molecular flexibility index (Phi) is 7.66. The summed E-state index contributed by atoms with van der Waals surface area (Å²) in [5.41, 5.74) is 6.47. The Bertz CT molecular complexity index is 1500. The summed E-state index contributed by atoms with van der Waals surface area (Å²) in [6, 6.07) is 14.5. The number of nitrogens with one attached hydrogen (secondary N) is 3. The molecular formula is C24H20Cl2N8O3. The van der Waals surface area contributed by atoms with Gasteiger partial charge in [-0.25, -0.2) is 5.43 Å². The zero-order chi connectivity index (χ0) is 26.5. The number of rotatable bonds is 8. The van der Waals surface area contributed by atoms with Crippen molar-refractivity contribution in [1.82, 2.24) is 15.0 Å². The lowest BCUT2D eigenvalue weighted by molar-refractivity contribution is -0.384. The number of non-ortho nitro benzene ring substituents is 1. The van der Waals surface area contributed by atoms with Crippen LogP contribution in [0.3, 0.4) is 0 Å². The fourth-order valence-electron chi connectivity index (χ4n) is 3.13. The van der Waals surface area contributed by atoms with E-state index in [1.54, 1.807) is 0 Å². The van der Waals surface area contributed by atoms with Gasteiger partial charge in [0.1, 0.15) is 5.75 Å². The van der Waals surface area contributed by atoms with Crippen LogP contribution in [0.5, 0.6) is 5.75 Å². The van der Waals surface area contributed by atoms with E-state index in [9.17, 15) is 15.2 Å². The number of phenols is 1. The van der Waals surface area contributed by atoms with Gasteiger partial charge in [-0.15, -0.1) is 0 Å². The Hall–Kier alpha value is -4.48. The predicted octanol–water partition coefficient (Wildman–Crippen LogP) is 6.34. The molecule has 1 heterocycles. The van der Waals surface area contributed by atoms with Crippen molar-refractivity contribution >= 4 is 64.3 Å². The van der Waals surface area contributed by atoms with Crippen LogP contribution >= 0.6 is 23.2 Å². The van der Waals surface area contributed by atoms with Gasteiger partial charge in [0, 0.05) is 34.1 Å². The Morgan fingerprint density at radius 3 is 2.16 bits per heavy atom.